The van der Waals surface area contributed by atoms with Crippen LogP contribution < -0.4 is 0 Å². The summed E-state index contributed by atoms with van der Waals surface area (Å²) in [6.45, 7) is 2.12. The first-order valence-electron chi connectivity index (χ1n) is 8.67. The van der Waals surface area contributed by atoms with Gasteiger partial charge in [-0.1, -0.05) is 44.2 Å². The van der Waals surface area contributed by atoms with Crippen LogP contribution in [0, 0.1) is 40.5 Å². The quantitative estimate of drug-likeness (QED) is 0.259. The van der Waals surface area contributed by atoms with Gasteiger partial charge in [-0.2, -0.15) is 8.78 Å². The van der Waals surface area contributed by atoms with E-state index in [1.54, 1.807) is 19.9 Å². The summed E-state index contributed by atoms with van der Waals surface area (Å²) in [5, 5.41) is 0. The van der Waals surface area contributed by atoms with E-state index in [2.05, 4.69) is 0 Å². The molecule has 0 N–H and O–H groups in total. The molecule has 2 aromatic carbocycles. The summed E-state index contributed by atoms with van der Waals surface area (Å²) in [5.41, 5.74) is -2.59. The standard InChI is InChI=1S/C21H16F6O2/c1-21(2)12(8-13(22)23)15(21)20(28)29-9-11-16(24)14(10-6-4-3-5-7-10)18(26)19(27)17(11)25/h3-8,12,15H,9H2,1-2H3/t12-,15+/m1/s1. The second-order valence-corrected chi connectivity index (χ2v) is 7.36. The first-order chi connectivity index (χ1) is 13.6. The Balaban J connectivity index is 1.88. The fraction of sp³-hybridized carbons (Fsp3) is 0.286. The first-order valence-corrected chi connectivity index (χ1v) is 8.67. The lowest BCUT2D eigenvalue weighted by molar-refractivity contribution is -0.147. The Labute approximate surface area is 162 Å². The van der Waals surface area contributed by atoms with Crippen LogP contribution >= 0.6 is 0 Å². The third-order valence-electron chi connectivity index (χ3n) is 5.25. The summed E-state index contributed by atoms with van der Waals surface area (Å²) in [7, 11) is 0. The first kappa shape index (κ1) is 21.0. The molecule has 2 nitrogen and oxygen atoms in total. The van der Waals surface area contributed by atoms with Crippen molar-refractivity contribution in [3.63, 3.8) is 0 Å². The number of rotatable bonds is 5. The fourth-order valence-electron chi connectivity index (χ4n) is 3.47. The maximum absolute atomic E-state index is 14.8. The lowest BCUT2D eigenvalue weighted by Crippen LogP contribution is -2.14. The number of carbonyl (C=O) groups is 1. The maximum atomic E-state index is 14.8. The van der Waals surface area contributed by atoms with Crippen molar-refractivity contribution in [3.05, 3.63) is 71.3 Å². The van der Waals surface area contributed by atoms with E-state index in [0.717, 1.165) is 0 Å². The molecule has 0 amide bonds. The minimum atomic E-state index is -1.96. The summed E-state index contributed by atoms with van der Waals surface area (Å²) in [5.74, 6) is -9.50. The van der Waals surface area contributed by atoms with Crippen LogP contribution in [0.2, 0.25) is 0 Å². The van der Waals surface area contributed by atoms with Crippen LogP contribution in [-0.2, 0) is 16.1 Å². The molecule has 2 aromatic rings. The Morgan fingerprint density at radius 3 is 2.21 bits per heavy atom. The van der Waals surface area contributed by atoms with Gasteiger partial charge in [0.2, 0.25) is 0 Å². The minimum absolute atomic E-state index is 0.0269. The molecule has 0 unspecified atom stereocenters. The summed E-state index contributed by atoms with van der Waals surface area (Å²) >= 11 is 0. The van der Waals surface area contributed by atoms with E-state index in [9.17, 15) is 31.1 Å². The van der Waals surface area contributed by atoms with Gasteiger partial charge in [-0.15, -0.1) is 0 Å². The zero-order chi connectivity index (χ0) is 21.5. The monoisotopic (exact) mass is 414 g/mol. The van der Waals surface area contributed by atoms with Gasteiger partial charge in [0.1, 0.15) is 12.4 Å². The highest BCUT2D eigenvalue weighted by atomic mass is 19.3. The largest absolute Gasteiger partial charge is 0.460 e. The Morgan fingerprint density at radius 2 is 1.62 bits per heavy atom. The van der Waals surface area contributed by atoms with Crippen molar-refractivity contribution in [1.29, 1.82) is 0 Å². The predicted octanol–water partition coefficient (Wildman–Crippen LogP) is 6.01. The molecule has 0 heterocycles. The molecule has 0 radical (unpaired) electrons. The fourth-order valence-corrected chi connectivity index (χ4v) is 3.47. The Bertz CT molecular complexity index is 981. The average molecular weight is 414 g/mol. The second-order valence-electron chi connectivity index (χ2n) is 7.36. The van der Waals surface area contributed by atoms with E-state index in [4.69, 9.17) is 4.74 Å². The molecule has 1 aliphatic carbocycles. The Hall–Kier alpha value is -2.77. The van der Waals surface area contributed by atoms with Gasteiger partial charge in [0.15, 0.2) is 17.5 Å². The Morgan fingerprint density at radius 1 is 1.00 bits per heavy atom. The highest BCUT2D eigenvalue weighted by Gasteiger charge is 2.62. The SMILES string of the molecule is CC1(C)[C@H](C=C(F)F)[C@H]1C(=O)OCc1c(F)c(F)c(F)c(-c2ccccc2)c1F. The van der Waals surface area contributed by atoms with Crippen LogP contribution in [0.15, 0.2) is 42.5 Å². The minimum Gasteiger partial charge on any atom is -0.460 e. The topological polar surface area (TPSA) is 26.3 Å². The zero-order valence-electron chi connectivity index (χ0n) is 15.4. The molecule has 154 valence electrons. The summed E-state index contributed by atoms with van der Waals surface area (Å²) in [6.07, 6.45) is -1.33. The molecule has 0 aliphatic heterocycles. The van der Waals surface area contributed by atoms with Gasteiger partial charge >= 0.3 is 5.97 Å². The second kappa shape index (κ2) is 7.57. The van der Waals surface area contributed by atoms with E-state index in [0.29, 0.717) is 6.08 Å². The van der Waals surface area contributed by atoms with Gasteiger partial charge in [-0.05, 0) is 17.1 Å². The van der Waals surface area contributed by atoms with Gasteiger partial charge in [-0.3, -0.25) is 4.79 Å². The van der Waals surface area contributed by atoms with Gasteiger partial charge < -0.3 is 4.74 Å². The molecular formula is C21H16F6O2. The van der Waals surface area contributed by atoms with E-state index in [1.807, 2.05) is 0 Å². The highest BCUT2D eigenvalue weighted by Crippen LogP contribution is 2.60. The molecule has 3 rings (SSSR count). The molecule has 1 fully saturated rings. The van der Waals surface area contributed by atoms with Crippen LogP contribution in [0.5, 0.6) is 0 Å². The average Bonchev–Trinajstić information content (AvgIpc) is 3.20. The number of hydrogen-bond donors (Lipinski definition) is 0. The summed E-state index contributed by atoms with van der Waals surface area (Å²) in [6, 6.07) is 7.11. The number of ether oxygens (including phenoxy) is 1. The van der Waals surface area contributed by atoms with E-state index >= 15 is 0 Å². The molecule has 0 bridgehead atoms. The third-order valence-corrected chi connectivity index (χ3v) is 5.25. The molecule has 0 aromatic heterocycles. The van der Waals surface area contributed by atoms with Gasteiger partial charge in [0.25, 0.3) is 6.08 Å². The van der Waals surface area contributed by atoms with Crippen molar-refractivity contribution in [3.8, 4) is 11.1 Å². The number of carbonyl (C=O) groups excluding carboxylic acids is 1. The van der Waals surface area contributed by atoms with Crippen LogP contribution in [0.3, 0.4) is 0 Å². The van der Waals surface area contributed by atoms with Gasteiger partial charge in [0.05, 0.1) is 17.0 Å². The number of esters is 1. The zero-order valence-corrected chi connectivity index (χ0v) is 15.4. The number of allylic oxidation sites excluding steroid dienone is 1. The molecule has 2 atom stereocenters. The van der Waals surface area contributed by atoms with Crippen LogP contribution in [0.4, 0.5) is 26.3 Å². The lowest BCUT2D eigenvalue weighted by Gasteiger charge is -2.13. The number of halogens is 6. The molecule has 0 spiro atoms. The van der Waals surface area contributed by atoms with Gasteiger partial charge in [0, 0.05) is 5.92 Å². The van der Waals surface area contributed by atoms with E-state index in [-0.39, 0.29) is 5.56 Å². The van der Waals surface area contributed by atoms with E-state index in [1.165, 1.54) is 24.3 Å². The molecule has 1 saturated carbocycles. The van der Waals surface area contributed by atoms with Crippen molar-refractivity contribution < 1.29 is 35.9 Å². The number of hydrogen-bond acceptors (Lipinski definition) is 2. The summed E-state index contributed by atoms with van der Waals surface area (Å²) in [4.78, 5) is 12.2. The number of benzene rings is 2. The smallest absolute Gasteiger partial charge is 0.310 e. The summed E-state index contributed by atoms with van der Waals surface area (Å²) < 4.78 is 86.9. The molecule has 0 saturated heterocycles. The Kier molecular flexibility index (Phi) is 5.47. The normalized spacial score (nSPS) is 19.6. The van der Waals surface area contributed by atoms with Gasteiger partial charge in [-0.25, -0.2) is 17.6 Å². The third kappa shape index (κ3) is 3.75. The van der Waals surface area contributed by atoms with Crippen LogP contribution in [0.25, 0.3) is 11.1 Å². The van der Waals surface area contributed by atoms with Crippen LogP contribution in [0.1, 0.15) is 19.4 Å². The van der Waals surface area contributed by atoms with E-state index < -0.39 is 70.3 Å². The van der Waals surface area contributed by atoms with Crippen molar-refractivity contribution in [2.24, 2.45) is 17.3 Å². The lowest BCUT2D eigenvalue weighted by atomic mass is 10.0. The van der Waals surface area contributed by atoms with Crippen molar-refractivity contribution >= 4 is 5.97 Å². The predicted molar refractivity (Wildman–Crippen MR) is 92.6 cm³/mol. The maximum Gasteiger partial charge on any atom is 0.310 e. The molecule has 29 heavy (non-hydrogen) atoms. The highest BCUT2D eigenvalue weighted by molar-refractivity contribution is 5.78. The molecule has 1 aliphatic rings. The van der Waals surface area contributed by atoms with Crippen molar-refractivity contribution in [2.45, 2.75) is 20.5 Å². The molecular weight excluding hydrogens is 398 g/mol. The van der Waals surface area contributed by atoms with Crippen LogP contribution in [-0.4, -0.2) is 5.97 Å². The molecule has 8 heteroatoms. The van der Waals surface area contributed by atoms with Crippen molar-refractivity contribution in [2.75, 3.05) is 0 Å². The van der Waals surface area contributed by atoms with Crippen molar-refractivity contribution in [1.82, 2.24) is 0 Å².